The molecule has 0 aliphatic heterocycles. The lowest BCUT2D eigenvalue weighted by Gasteiger charge is -2.28. The second kappa shape index (κ2) is 5.23. The third kappa shape index (κ3) is 2.05. The lowest BCUT2D eigenvalue weighted by molar-refractivity contribution is -0.110. The first kappa shape index (κ1) is 14.5. The molecule has 0 atom stereocenters. The molecule has 0 saturated heterocycles. The van der Waals surface area contributed by atoms with Crippen molar-refractivity contribution in [1.82, 2.24) is 0 Å². The van der Waals surface area contributed by atoms with E-state index in [-0.39, 0.29) is 5.78 Å². The average molecular weight is 416 g/mol. The first-order valence-electron chi connectivity index (χ1n) is 7.21. The number of ketones is 1. The van der Waals surface area contributed by atoms with E-state index in [4.69, 9.17) is 9.15 Å². The van der Waals surface area contributed by atoms with Gasteiger partial charge in [-0.2, -0.15) is 0 Å². The highest BCUT2D eigenvalue weighted by molar-refractivity contribution is 14.1. The smallest absolute Gasteiger partial charge is 0.178 e. The van der Waals surface area contributed by atoms with Crippen molar-refractivity contribution in [2.75, 3.05) is 7.11 Å². The van der Waals surface area contributed by atoms with E-state index < -0.39 is 5.41 Å². The number of allylic oxidation sites excluding steroid dienone is 5. The molecule has 4 rings (SSSR count). The van der Waals surface area contributed by atoms with Crippen LogP contribution in [0.2, 0.25) is 0 Å². The maximum Gasteiger partial charge on any atom is 0.178 e. The maximum absolute atomic E-state index is 11.7. The number of methoxy groups -OCH3 is 1. The highest BCUT2D eigenvalue weighted by Crippen LogP contribution is 2.56. The first-order chi connectivity index (χ1) is 11.2. The van der Waals surface area contributed by atoms with Crippen LogP contribution in [0.25, 0.3) is 9.15 Å². The van der Waals surface area contributed by atoms with Crippen LogP contribution < -0.4 is 4.74 Å². The monoisotopic (exact) mass is 416 g/mol. The summed E-state index contributed by atoms with van der Waals surface area (Å²) in [5.41, 5.74) is 2.84. The molecular weight excluding hydrogens is 403 g/mol. The fraction of sp³-hybridized carbons (Fsp3) is 0.105. The predicted molar refractivity (Wildman–Crippen MR) is 97.5 cm³/mol. The summed E-state index contributed by atoms with van der Waals surface area (Å²) in [6.45, 7) is 0. The molecule has 0 saturated carbocycles. The molecule has 1 aromatic heterocycles. The SMILES string of the molecule is COc1ccc2c(c1)C(I)=C(c1ccco1)C21C=CC(=O)C=C1. The van der Waals surface area contributed by atoms with E-state index in [2.05, 4.69) is 28.7 Å². The van der Waals surface area contributed by atoms with Crippen molar-refractivity contribution in [1.29, 1.82) is 0 Å². The van der Waals surface area contributed by atoms with Crippen molar-refractivity contribution in [2.24, 2.45) is 0 Å². The van der Waals surface area contributed by atoms with Gasteiger partial charge in [-0.15, -0.1) is 0 Å². The van der Waals surface area contributed by atoms with Crippen molar-refractivity contribution in [3.05, 3.63) is 77.8 Å². The Labute approximate surface area is 147 Å². The van der Waals surface area contributed by atoms with Crippen molar-refractivity contribution >= 4 is 37.5 Å². The fourth-order valence-electron chi connectivity index (χ4n) is 3.26. The number of hydrogen-bond acceptors (Lipinski definition) is 3. The van der Waals surface area contributed by atoms with Crippen LogP contribution in [0.5, 0.6) is 5.75 Å². The molecule has 2 aliphatic carbocycles. The molecule has 1 aromatic carbocycles. The number of ether oxygens (including phenoxy) is 1. The van der Waals surface area contributed by atoms with Crippen LogP contribution in [0.4, 0.5) is 0 Å². The van der Waals surface area contributed by atoms with Gasteiger partial charge in [0.05, 0.1) is 18.8 Å². The van der Waals surface area contributed by atoms with E-state index in [1.54, 1.807) is 25.5 Å². The van der Waals surface area contributed by atoms with E-state index in [1.807, 2.05) is 36.4 Å². The lowest BCUT2D eigenvalue weighted by Crippen LogP contribution is -2.23. The summed E-state index contributed by atoms with van der Waals surface area (Å²) in [4.78, 5) is 11.7. The van der Waals surface area contributed by atoms with Crippen molar-refractivity contribution in [2.45, 2.75) is 5.41 Å². The maximum atomic E-state index is 11.7. The van der Waals surface area contributed by atoms with Crippen LogP contribution >= 0.6 is 22.6 Å². The van der Waals surface area contributed by atoms with Gasteiger partial charge in [-0.1, -0.05) is 18.2 Å². The highest BCUT2D eigenvalue weighted by atomic mass is 127. The standard InChI is InChI=1S/C19H13IO3/c1-22-13-4-5-15-14(11-13)18(20)17(16-3-2-10-23-16)19(15)8-6-12(21)7-9-19/h2-11H,1H3. The number of hydrogen-bond donors (Lipinski definition) is 0. The fourth-order valence-corrected chi connectivity index (χ4v) is 4.42. The van der Waals surface area contributed by atoms with Gasteiger partial charge in [0.2, 0.25) is 0 Å². The molecule has 0 amide bonds. The molecular formula is C19H13IO3. The third-order valence-corrected chi connectivity index (χ3v) is 5.45. The molecule has 0 bridgehead atoms. The second-order valence-corrected chi connectivity index (χ2v) is 6.59. The Hall–Kier alpha value is -2.08. The quantitative estimate of drug-likeness (QED) is 0.676. The van der Waals surface area contributed by atoms with Crippen LogP contribution in [0.3, 0.4) is 0 Å². The van der Waals surface area contributed by atoms with Gasteiger partial charge < -0.3 is 9.15 Å². The zero-order valence-electron chi connectivity index (χ0n) is 12.4. The number of halogens is 1. The van der Waals surface area contributed by atoms with E-state index in [9.17, 15) is 4.79 Å². The van der Waals surface area contributed by atoms with E-state index in [0.717, 1.165) is 31.8 Å². The molecule has 114 valence electrons. The Kier molecular flexibility index (Phi) is 3.30. The van der Waals surface area contributed by atoms with Gasteiger partial charge in [-0.25, -0.2) is 0 Å². The normalized spacial score (nSPS) is 17.9. The molecule has 2 aromatic rings. The Bertz CT molecular complexity index is 869. The molecule has 0 N–H and O–H groups in total. The topological polar surface area (TPSA) is 39.4 Å². The molecule has 0 fully saturated rings. The summed E-state index contributed by atoms with van der Waals surface area (Å²) in [5.74, 6) is 1.63. The average Bonchev–Trinajstić information content (AvgIpc) is 3.16. The minimum Gasteiger partial charge on any atom is -0.497 e. The van der Waals surface area contributed by atoms with Crippen LogP contribution in [-0.4, -0.2) is 12.9 Å². The largest absolute Gasteiger partial charge is 0.497 e. The number of carbonyl (C=O) groups excluding carboxylic acids is 1. The number of furan rings is 1. The minimum absolute atomic E-state index is 0.00592. The number of benzene rings is 1. The molecule has 0 radical (unpaired) electrons. The lowest BCUT2D eigenvalue weighted by atomic mass is 9.74. The summed E-state index contributed by atoms with van der Waals surface area (Å²) in [6, 6.07) is 9.88. The number of rotatable bonds is 2. The molecule has 1 spiro atoms. The first-order valence-corrected chi connectivity index (χ1v) is 8.29. The van der Waals surface area contributed by atoms with Gasteiger partial charge in [0.15, 0.2) is 5.78 Å². The van der Waals surface area contributed by atoms with Crippen LogP contribution in [0, 0.1) is 0 Å². The molecule has 1 heterocycles. The van der Waals surface area contributed by atoms with E-state index >= 15 is 0 Å². The van der Waals surface area contributed by atoms with Gasteiger partial charge in [0.1, 0.15) is 11.5 Å². The highest BCUT2D eigenvalue weighted by Gasteiger charge is 2.44. The Balaban J connectivity index is 2.02. The predicted octanol–water partition coefficient (Wildman–Crippen LogP) is 4.54. The van der Waals surface area contributed by atoms with Gasteiger partial charge in [0.25, 0.3) is 0 Å². The summed E-state index contributed by atoms with van der Waals surface area (Å²) in [7, 11) is 1.66. The van der Waals surface area contributed by atoms with Gasteiger partial charge >= 0.3 is 0 Å². The summed E-state index contributed by atoms with van der Waals surface area (Å²) >= 11 is 2.35. The molecule has 2 aliphatic rings. The van der Waals surface area contributed by atoms with Crippen molar-refractivity contribution < 1.29 is 13.9 Å². The van der Waals surface area contributed by atoms with Gasteiger partial charge in [0, 0.05) is 9.15 Å². The van der Waals surface area contributed by atoms with Crippen LogP contribution in [0.1, 0.15) is 16.9 Å². The zero-order chi connectivity index (χ0) is 16.0. The summed E-state index contributed by atoms with van der Waals surface area (Å²) in [5, 5.41) is 0. The molecule has 0 unspecified atom stereocenters. The van der Waals surface area contributed by atoms with E-state index in [0.29, 0.717) is 0 Å². The Morgan fingerprint density at radius 2 is 1.96 bits per heavy atom. The van der Waals surface area contributed by atoms with Gasteiger partial charge in [-0.3, -0.25) is 4.79 Å². The third-order valence-electron chi connectivity index (χ3n) is 4.33. The molecule has 23 heavy (non-hydrogen) atoms. The molecule has 4 heteroatoms. The van der Waals surface area contributed by atoms with Crippen LogP contribution in [-0.2, 0) is 10.2 Å². The Morgan fingerprint density at radius 1 is 1.17 bits per heavy atom. The zero-order valence-corrected chi connectivity index (χ0v) is 14.5. The number of fused-ring (bicyclic) bond motifs is 2. The minimum atomic E-state index is -0.468. The molecule has 3 nitrogen and oxygen atoms in total. The number of carbonyl (C=O) groups is 1. The second-order valence-electron chi connectivity index (χ2n) is 5.52. The van der Waals surface area contributed by atoms with E-state index in [1.165, 1.54) is 0 Å². The van der Waals surface area contributed by atoms with Crippen molar-refractivity contribution in [3.63, 3.8) is 0 Å². The van der Waals surface area contributed by atoms with Crippen LogP contribution in [0.15, 0.2) is 65.3 Å². The summed E-state index contributed by atoms with van der Waals surface area (Å²) < 4.78 is 12.2. The van der Waals surface area contributed by atoms with Crippen molar-refractivity contribution in [3.8, 4) is 5.75 Å². The van der Waals surface area contributed by atoms with Gasteiger partial charge in [-0.05, 0) is 70.1 Å². The summed E-state index contributed by atoms with van der Waals surface area (Å²) in [6.07, 6.45) is 8.86. The Morgan fingerprint density at radius 3 is 2.61 bits per heavy atom.